The van der Waals surface area contributed by atoms with Crippen molar-refractivity contribution in [1.29, 1.82) is 0 Å². The molecule has 7 heteroatoms. The molecule has 1 heterocycles. The number of hydrogen-bond donors (Lipinski definition) is 0. The van der Waals surface area contributed by atoms with Gasteiger partial charge in [0.2, 0.25) is 0 Å². The lowest BCUT2D eigenvalue weighted by Gasteiger charge is -2.34. The molecule has 15 heavy (non-hydrogen) atoms. The number of rotatable bonds is 3. The van der Waals surface area contributed by atoms with Gasteiger partial charge in [-0.2, -0.15) is 9.81 Å². The Balaban J connectivity index is 2.98. The van der Waals surface area contributed by atoms with Gasteiger partial charge in [-0.25, -0.2) is 0 Å². The van der Waals surface area contributed by atoms with Gasteiger partial charge in [0.1, 0.15) is 24.1 Å². The minimum Gasteiger partial charge on any atom is -0.490 e. The van der Waals surface area contributed by atoms with Crippen molar-refractivity contribution in [1.82, 2.24) is 0 Å². The van der Waals surface area contributed by atoms with Gasteiger partial charge < -0.3 is 4.74 Å². The molecule has 0 N–H and O–H groups in total. The van der Waals surface area contributed by atoms with Gasteiger partial charge in [0.25, 0.3) is 0 Å². The first-order chi connectivity index (χ1) is 7.15. The molecular weight excluding hydrogens is 202 g/mol. The van der Waals surface area contributed by atoms with Crippen LogP contribution < -0.4 is 0 Å². The van der Waals surface area contributed by atoms with E-state index < -0.39 is 24.1 Å². The van der Waals surface area contributed by atoms with Crippen LogP contribution in [0.5, 0.6) is 0 Å². The summed E-state index contributed by atoms with van der Waals surface area (Å²) >= 11 is 0. The van der Waals surface area contributed by atoms with Gasteiger partial charge in [0.15, 0.2) is 6.04 Å². The molecule has 1 aliphatic rings. The number of ether oxygens (including phenoxy) is 1. The smallest absolute Gasteiger partial charge is 0.155 e. The Morgan fingerprint density at radius 1 is 1.13 bits per heavy atom. The van der Waals surface area contributed by atoms with E-state index in [2.05, 4.69) is 15.5 Å². The van der Waals surface area contributed by atoms with Crippen LogP contribution in [0.25, 0.3) is 0 Å². The van der Waals surface area contributed by atoms with Gasteiger partial charge in [-0.3, -0.25) is 0 Å². The van der Waals surface area contributed by atoms with E-state index in [0.29, 0.717) is 0 Å². The molecule has 7 nitrogen and oxygen atoms in total. The molecule has 1 rings (SSSR count). The maximum Gasteiger partial charge on any atom is 0.155 e. The van der Waals surface area contributed by atoms with E-state index in [1.807, 2.05) is 0 Å². The molecule has 0 aliphatic carbocycles. The molecule has 0 aromatic heterocycles. The highest BCUT2D eigenvalue weighted by Crippen LogP contribution is 2.32. The third kappa shape index (κ3) is 2.05. The first kappa shape index (κ1) is 11.4. The zero-order valence-electron chi connectivity index (χ0n) is 8.36. The minimum absolute atomic E-state index is 0.266. The Kier molecular flexibility index (Phi) is 3.59. The van der Waals surface area contributed by atoms with Crippen LogP contribution in [0.1, 0.15) is 13.8 Å². The molecule has 1 fully saturated rings. The third-order valence-corrected chi connectivity index (χ3v) is 2.54. The molecule has 0 spiro atoms. The Morgan fingerprint density at radius 2 is 1.73 bits per heavy atom. The summed E-state index contributed by atoms with van der Waals surface area (Å²) in [5.74, 6) is -0.193. The topological polar surface area (TPSA) is 97.5 Å². The van der Waals surface area contributed by atoms with E-state index in [0.717, 1.165) is 6.20 Å². The third-order valence-electron chi connectivity index (χ3n) is 2.54. The van der Waals surface area contributed by atoms with E-state index >= 15 is 0 Å². The molecule has 0 amide bonds. The molecule has 4 atom stereocenters. The first-order valence-corrected chi connectivity index (χ1v) is 4.49. The highest BCUT2D eigenvalue weighted by Gasteiger charge is 2.42. The van der Waals surface area contributed by atoms with Crippen molar-refractivity contribution in [3.8, 4) is 0 Å². The van der Waals surface area contributed by atoms with Gasteiger partial charge in [0.05, 0.1) is 0 Å². The summed E-state index contributed by atoms with van der Waals surface area (Å²) in [6, 6.07) is -1.62. The summed E-state index contributed by atoms with van der Waals surface area (Å²) in [4.78, 5) is 31.2. The summed E-state index contributed by atoms with van der Waals surface area (Å²) in [5, 5.41) is 8.25. The van der Waals surface area contributed by atoms with Crippen molar-refractivity contribution in [2.75, 3.05) is 0 Å². The first-order valence-electron chi connectivity index (χ1n) is 4.49. The fourth-order valence-electron chi connectivity index (χ4n) is 1.64. The van der Waals surface area contributed by atoms with E-state index in [9.17, 15) is 14.7 Å². The number of nitroso groups, excluding NO2 is 3. The van der Waals surface area contributed by atoms with E-state index in [4.69, 9.17) is 4.74 Å². The zero-order valence-corrected chi connectivity index (χ0v) is 8.36. The summed E-state index contributed by atoms with van der Waals surface area (Å²) in [5.41, 5.74) is 0. The quantitative estimate of drug-likeness (QED) is 0.668. The molecule has 0 aromatic rings. The molecule has 1 saturated heterocycles. The van der Waals surface area contributed by atoms with Crippen molar-refractivity contribution >= 4 is 0 Å². The van der Waals surface area contributed by atoms with Crippen LogP contribution in [0, 0.1) is 20.6 Å². The molecule has 1 aliphatic heterocycles. The van der Waals surface area contributed by atoms with Crippen molar-refractivity contribution in [3.05, 3.63) is 26.7 Å². The Morgan fingerprint density at radius 3 is 2.20 bits per heavy atom. The molecule has 1 unspecified atom stereocenters. The second kappa shape index (κ2) is 4.72. The van der Waals surface area contributed by atoms with Crippen LogP contribution in [-0.4, -0.2) is 18.2 Å². The second-order valence-corrected chi connectivity index (χ2v) is 3.44. The standard InChI is InChI=1S/C8H11N3O4/c1-4-6(3-9-12)15-5(2)8(11-14)7(4)10-13/h3-5,7-8H,1-2H3/b6-3-/t4-,5?,7+,8+/m1/s1. The molecular formula is C8H11N3O4. The van der Waals surface area contributed by atoms with Crippen molar-refractivity contribution in [3.63, 3.8) is 0 Å². The average molecular weight is 213 g/mol. The molecule has 0 radical (unpaired) electrons. The van der Waals surface area contributed by atoms with E-state index in [1.165, 1.54) is 0 Å². The molecule has 0 aromatic carbocycles. The molecule has 0 bridgehead atoms. The highest BCUT2D eigenvalue weighted by molar-refractivity contribution is 5.10. The number of hydrogen-bond acceptors (Lipinski definition) is 7. The predicted octanol–water partition coefficient (Wildman–Crippen LogP) is 1.92. The van der Waals surface area contributed by atoms with Crippen LogP contribution >= 0.6 is 0 Å². The molecule has 82 valence electrons. The lowest BCUT2D eigenvalue weighted by atomic mass is 9.88. The van der Waals surface area contributed by atoms with Gasteiger partial charge >= 0.3 is 0 Å². The largest absolute Gasteiger partial charge is 0.490 e. The summed E-state index contributed by atoms with van der Waals surface area (Å²) < 4.78 is 5.25. The van der Waals surface area contributed by atoms with Crippen LogP contribution in [0.2, 0.25) is 0 Å². The summed E-state index contributed by atoms with van der Waals surface area (Å²) in [6.45, 7) is 3.22. The van der Waals surface area contributed by atoms with Crippen molar-refractivity contribution in [2.45, 2.75) is 32.0 Å². The zero-order chi connectivity index (χ0) is 11.4. The normalized spacial score (nSPS) is 38.1. The second-order valence-electron chi connectivity index (χ2n) is 3.44. The Bertz CT molecular complexity index is 304. The van der Waals surface area contributed by atoms with E-state index in [1.54, 1.807) is 13.8 Å². The Labute approximate surface area is 85.8 Å². The summed E-state index contributed by atoms with van der Waals surface area (Å²) in [6.07, 6.45) is 0.412. The monoisotopic (exact) mass is 213 g/mol. The highest BCUT2D eigenvalue weighted by atomic mass is 16.5. The van der Waals surface area contributed by atoms with E-state index in [-0.39, 0.29) is 5.76 Å². The maximum absolute atomic E-state index is 10.6. The fraction of sp³-hybridized carbons (Fsp3) is 0.750. The van der Waals surface area contributed by atoms with Crippen LogP contribution in [0.3, 0.4) is 0 Å². The molecule has 0 saturated carbocycles. The minimum atomic E-state index is -0.818. The van der Waals surface area contributed by atoms with Gasteiger partial charge in [-0.1, -0.05) is 17.3 Å². The SMILES string of the molecule is CC1O/C(=C\N=O)[C@@H](C)[C@H](N=O)[C@H]1N=O. The summed E-state index contributed by atoms with van der Waals surface area (Å²) in [7, 11) is 0. The van der Waals surface area contributed by atoms with Crippen molar-refractivity contribution < 1.29 is 4.74 Å². The van der Waals surface area contributed by atoms with Gasteiger partial charge in [0, 0.05) is 5.92 Å². The Hall–Kier alpha value is -1.66. The predicted molar refractivity (Wildman–Crippen MR) is 52.8 cm³/mol. The van der Waals surface area contributed by atoms with Gasteiger partial charge in [-0.15, -0.1) is 4.91 Å². The fourth-order valence-corrected chi connectivity index (χ4v) is 1.64. The number of nitrogens with zero attached hydrogens (tertiary/aromatic N) is 3. The average Bonchev–Trinajstić information content (AvgIpc) is 2.22. The van der Waals surface area contributed by atoms with Crippen molar-refractivity contribution in [2.24, 2.45) is 21.4 Å². The lowest BCUT2D eigenvalue weighted by molar-refractivity contribution is 0.0335. The lowest BCUT2D eigenvalue weighted by Crippen LogP contribution is -2.44. The van der Waals surface area contributed by atoms with Crippen LogP contribution in [0.4, 0.5) is 0 Å². The van der Waals surface area contributed by atoms with Crippen LogP contribution in [-0.2, 0) is 4.74 Å². The maximum atomic E-state index is 10.6. The van der Waals surface area contributed by atoms with Gasteiger partial charge in [-0.05, 0) is 12.1 Å². The van der Waals surface area contributed by atoms with Crippen LogP contribution in [0.15, 0.2) is 27.5 Å².